The summed E-state index contributed by atoms with van der Waals surface area (Å²) in [4.78, 5) is 27.8. The predicted molar refractivity (Wildman–Crippen MR) is 79.7 cm³/mol. The smallest absolute Gasteiger partial charge is 0.339 e. The first-order valence-electron chi connectivity index (χ1n) is 6.13. The molecule has 0 spiro atoms. The number of nitrogens with one attached hydrogen (secondary N) is 1. The molecule has 0 fully saturated rings. The molecule has 2 rings (SSSR count). The van der Waals surface area contributed by atoms with Gasteiger partial charge in [-0.25, -0.2) is 4.79 Å². The van der Waals surface area contributed by atoms with Crippen molar-refractivity contribution in [3.63, 3.8) is 0 Å². The van der Waals surface area contributed by atoms with Crippen molar-refractivity contribution in [1.82, 2.24) is 4.98 Å². The molecular weight excluding hydrogens is 292 g/mol. The van der Waals surface area contributed by atoms with E-state index >= 15 is 0 Å². The minimum Gasteiger partial charge on any atom is -0.465 e. The summed E-state index contributed by atoms with van der Waals surface area (Å²) in [7, 11) is 1.29. The van der Waals surface area contributed by atoms with Gasteiger partial charge in [0.15, 0.2) is 0 Å². The standard InChI is InChI=1S/C15H13ClN2O3/c1-9-3-4-12(11(7-9)15(20)21-2)18-14(19)13-8-10(16)5-6-17-13/h3-8H,1-2H3,(H,18,19). The molecule has 0 atom stereocenters. The Morgan fingerprint density at radius 3 is 2.67 bits per heavy atom. The van der Waals surface area contributed by atoms with Gasteiger partial charge in [0.1, 0.15) is 5.69 Å². The molecule has 0 aliphatic rings. The van der Waals surface area contributed by atoms with Crippen molar-refractivity contribution < 1.29 is 14.3 Å². The van der Waals surface area contributed by atoms with Crippen LogP contribution in [0.3, 0.4) is 0 Å². The molecule has 1 heterocycles. The van der Waals surface area contributed by atoms with E-state index in [0.29, 0.717) is 10.7 Å². The molecule has 1 aromatic carbocycles. The number of hydrogen-bond donors (Lipinski definition) is 1. The zero-order valence-corrected chi connectivity index (χ0v) is 12.3. The van der Waals surface area contributed by atoms with Crippen molar-refractivity contribution in [2.45, 2.75) is 6.92 Å². The minimum absolute atomic E-state index is 0.166. The van der Waals surface area contributed by atoms with Gasteiger partial charge in [-0.15, -0.1) is 0 Å². The largest absolute Gasteiger partial charge is 0.465 e. The number of hydrogen-bond acceptors (Lipinski definition) is 4. The number of aromatic nitrogens is 1. The summed E-state index contributed by atoms with van der Waals surface area (Å²) in [6.07, 6.45) is 1.44. The molecule has 0 unspecified atom stereocenters. The number of esters is 1. The highest BCUT2D eigenvalue weighted by Gasteiger charge is 2.15. The van der Waals surface area contributed by atoms with Crippen LogP contribution >= 0.6 is 11.6 Å². The van der Waals surface area contributed by atoms with Crippen molar-refractivity contribution in [1.29, 1.82) is 0 Å². The van der Waals surface area contributed by atoms with Crippen molar-refractivity contribution >= 4 is 29.2 Å². The lowest BCUT2D eigenvalue weighted by Crippen LogP contribution is -2.16. The van der Waals surface area contributed by atoms with Crippen LogP contribution in [0.2, 0.25) is 5.02 Å². The Labute approximate surface area is 126 Å². The number of anilines is 1. The van der Waals surface area contributed by atoms with E-state index in [4.69, 9.17) is 16.3 Å². The van der Waals surface area contributed by atoms with Crippen LogP contribution in [-0.2, 0) is 4.74 Å². The quantitative estimate of drug-likeness (QED) is 0.885. The van der Waals surface area contributed by atoms with Gasteiger partial charge in [0.2, 0.25) is 0 Å². The third-order valence-electron chi connectivity index (χ3n) is 2.78. The molecule has 5 nitrogen and oxygen atoms in total. The normalized spacial score (nSPS) is 10.0. The average molecular weight is 305 g/mol. The summed E-state index contributed by atoms with van der Waals surface area (Å²) < 4.78 is 4.71. The molecule has 1 N–H and O–H groups in total. The number of rotatable bonds is 3. The zero-order valence-electron chi connectivity index (χ0n) is 11.5. The second-order valence-electron chi connectivity index (χ2n) is 4.35. The molecule has 0 saturated heterocycles. The number of carbonyl (C=O) groups is 2. The van der Waals surface area contributed by atoms with E-state index in [9.17, 15) is 9.59 Å². The first kappa shape index (κ1) is 15.0. The van der Waals surface area contributed by atoms with E-state index in [1.807, 2.05) is 6.92 Å². The SMILES string of the molecule is COC(=O)c1cc(C)ccc1NC(=O)c1cc(Cl)ccn1. The number of pyridine rings is 1. The molecule has 1 aromatic heterocycles. The lowest BCUT2D eigenvalue weighted by Gasteiger charge is -2.10. The van der Waals surface area contributed by atoms with Crippen LogP contribution in [-0.4, -0.2) is 24.0 Å². The third kappa shape index (κ3) is 3.58. The molecule has 0 bridgehead atoms. The molecule has 0 saturated carbocycles. The lowest BCUT2D eigenvalue weighted by molar-refractivity contribution is 0.0602. The highest BCUT2D eigenvalue weighted by molar-refractivity contribution is 6.31. The van der Waals surface area contributed by atoms with Gasteiger partial charge in [0, 0.05) is 11.2 Å². The summed E-state index contributed by atoms with van der Waals surface area (Å²) in [5.41, 5.74) is 1.69. The predicted octanol–water partition coefficient (Wildman–Crippen LogP) is 3.08. The molecule has 0 aliphatic heterocycles. The number of amides is 1. The van der Waals surface area contributed by atoms with E-state index in [2.05, 4.69) is 10.3 Å². The van der Waals surface area contributed by atoms with Gasteiger partial charge in [0.05, 0.1) is 18.4 Å². The number of benzene rings is 1. The molecule has 0 radical (unpaired) electrons. The van der Waals surface area contributed by atoms with Gasteiger partial charge in [-0.1, -0.05) is 23.2 Å². The summed E-state index contributed by atoms with van der Waals surface area (Å²) in [5.74, 6) is -0.973. The molecule has 2 aromatic rings. The van der Waals surface area contributed by atoms with Gasteiger partial charge in [-0.05, 0) is 31.2 Å². The zero-order chi connectivity index (χ0) is 15.4. The summed E-state index contributed by atoms with van der Waals surface area (Å²) in [6.45, 7) is 1.84. The number of halogens is 1. The van der Waals surface area contributed by atoms with E-state index in [-0.39, 0.29) is 11.3 Å². The van der Waals surface area contributed by atoms with Crippen molar-refractivity contribution in [3.8, 4) is 0 Å². The fourth-order valence-electron chi connectivity index (χ4n) is 1.76. The van der Waals surface area contributed by atoms with Crippen LogP contribution in [0, 0.1) is 6.92 Å². The van der Waals surface area contributed by atoms with Crippen LogP contribution < -0.4 is 5.32 Å². The third-order valence-corrected chi connectivity index (χ3v) is 3.02. The molecular formula is C15H13ClN2O3. The Morgan fingerprint density at radius 1 is 1.24 bits per heavy atom. The second kappa shape index (κ2) is 6.37. The Kier molecular flexibility index (Phi) is 4.55. The van der Waals surface area contributed by atoms with Gasteiger partial charge in [-0.3, -0.25) is 9.78 Å². The number of ether oxygens (including phenoxy) is 1. The topological polar surface area (TPSA) is 68.3 Å². The Morgan fingerprint density at radius 2 is 2.00 bits per heavy atom. The van der Waals surface area contributed by atoms with Gasteiger partial charge in [-0.2, -0.15) is 0 Å². The molecule has 1 amide bonds. The van der Waals surface area contributed by atoms with Gasteiger partial charge >= 0.3 is 5.97 Å². The summed E-state index contributed by atoms with van der Waals surface area (Å²) in [6, 6.07) is 8.09. The van der Waals surface area contributed by atoms with Crippen molar-refractivity contribution in [2.24, 2.45) is 0 Å². The molecule has 0 aliphatic carbocycles. The van der Waals surface area contributed by atoms with Crippen molar-refractivity contribution in [2.75, 3.05) is 12.4 Å². The van der Waals surface area contributed by atoms with E-state index in [0.717, 1.165) is 5.56 Å². The molecule has 6 heteroatoms. The van der Waals surface area contributed by atoms with Crippen LogP contribution in [0.15, 0.2) is 36.5 Å². The summed E-state index contributed by atoms with van der Waals surface area (Å²) in [5, 5.41) is 3.05. The number of methoxy groups -OCH3 is 1. The first-order chi connectivity index (χ1) is 10.0. The first-order valence-corrected chi connectivity index (χ1v) is 6.51. The monoisotopic (exact) mass is 304 g/mol. The highest BCUT2D eigenvalue weighted by Crippen LogP contribution is 2.19. The summed E-state index contributed by atoms with van der Waals surface area (Å²) >= 11 is 5.82. The van der Waals surface area contributed by atoms with Crippen LogP contribution in [0.25, 0.3) is 0 Å². The van der Waals surface area contributed by atoms with E-state index in [1.54, 1.807) is 24.3 Å². The Bertz CT molecular complexity index is 701. The molecule has 108 valence electrons. The maximum Gasteiger partial charge on any atom is 0.339 e. The fourth-order valence-corrected chi connectivity index (χ4v) is 1.92. The van der Waals surface area contributed by atoms with Gasteiger partial charge in [0.25, 0.3) is 5.91 Å². The van der Waals surface area contributed by atoms with Gasteiger partial charge < -0.3 is 10.1 Å². The van der Waals surface area contributed by atoms with E-state index in [1.165, 1.54) is 19.4 Å². The number of aryl methyl sites for hydroxylation is 1. The lowest BCUT2D eigenvalue weighted by atomic mass is 10.1. The Balaban J connectivity index is 2.31. The second-order valence-corrected chi connectivity index (χ2v) is 4.79. The maximum absolute atomic E-state index is 12.1. The van der Waals surface area contributed by atoms with Crippen LogP contribution in [0.4, 0.5) is 5.69 Å². The average Bonchev–Trinajstić information content (AvgIpc) is 2.48. The number of carbonyl (C=O) groups excluding carboxylic acids is 2. The Hall–Kier alpha value is -2.40. The fraction of sp³-hybridized carbons (Fsp3) is 0.133. The van der Waals surface area contributed by atoms with Crippen molar-refractivity contribution in [3.05, 3.63) is 58.4 Å². The minimum atomic E-state index is -0.520. The molecule has 21 heavy (non-hydrogen) atoms. The number of nitrogens with zero attached hydrogens (tertiary/aromatic N) is 1. The van der Waals surface area contributed by atoms with E-state index < -0.39 is 11.9 Å². The van der Waals surface area contributed by atoms with Crippen LogP contribution in [0.5, 0.6) is 0 Å². The highest BCUT2D eigenvalue weighted by atomic mass is 35.5. The van der Waals surface area contributed by atoms with Crippen LogP contribution in [0.1, 0.15) is 26.4 Å². The maximum atomic E-state index is 12.1.